The molecule has 100 valence electrons. The summed E-state index contributed by atoms with van der Waals surface area (Å²) in [5, 5.41) is 11.0. The first kappa shape index (κ1) is 16.1. The van der Waals surface area contributed by atoms with Crippen LogP contribution in [0.15, 0.2) is 0 Å². The summed E-state index contributed by atoms with van der Waals surface area (Å²) in [6.07, 6.45) is -2.69. The number of carbonyl (C=O) groups is 2. The van der Waals surface area contributed by atoms with Crippen LogP contribution in [0.4, 0.5) is 8.78 Å². The van der Waals surface area contributed by atoms with E-state index >= 15 is 0 Å². The molecule has 0 rings (SSSR count). The fourth-order valence-corrected chi connectivity index (χ4v) is 1.48. The lowest BCUT2D eigenvalue weighted by molar-refractivity contribution is -0.137. The maximum absolute atomic E-state index is 12.2. The second-order valence-electron chi connectivity index (χ2n) is 3.33. The van der Waals surface area contributed by atoms with E-state index in [1.54, 1.807) is 0 Å². The van der Waals surface area contributed by atoms with Gasteiger partial charge in [-0.2, -0.15) is 12.6 Å². The highest BCUT2D eigenvalue weighted by Crippen LogP contribution is 2.03. The van der Waals surface area contributed by atoms with E-state index in [2.05, 4.69) is 17.9 Å². The third kappa shape index (κ3) is 6.42. The molecule has 0 aromatic carbocycles. The van der Waals surface area contributed by atoms with Crippen molar-refractivity contribution in [2.24, 2.45) is 0 Å². The molecule has 0 saturated carbocycles. The number of hydrogen-bond acceptors (Lipinski definition) is 4. The molecule has 0 aliphatic rings. The summed E-state index contributed by atoms with van der Waals surface area (Å²) < 4.78 is 24.4. The molecule has 0 aromatic rings. The minimum absolute atomic E-state index is 0.00355. The van der Waals surface area contributed by atoms with Gasteiger partial charge in [0.2, 0.25) is 11.8 Å². The summed E-state index contributed by atoms with van der Waals surface area (Å²) in [4.78, 5) is 23.4. The average molecular weight is 270 g/mol. The molecule has 17 heavy (non-hydrogen) atoms. The summed E-state index contributed by atoms with van der Waals surface area (Å²) in [6, 6.07) is -0.957. The van der Waals surface area contributed by atoms with Gasteiger partial charge in [-0.25, -0.2) is 8.78 Å². The van der Waals surface area contributed by atoms with Gasteiger partial charge in [0.15, 0.2) is 0 Å². The number of rotatable bonds is 7. The van der Waals surface area contributed by atoms with Crippen LogP contribution in [-0.2, 0) is 9.59 Å². The molecule has 2 N–H and O–H groups in total. The molecule has 0 bridgehead atoms. The molecule has 0 radical (unpaired) electrons. The Labute approximate surface area is 104 Å². The van der Waals surface area contributed by atoms with Crippen LogP contribution in [0.25, 0.3) is 0 Å². The van der Waals surface area contributed by atoms with Crippen LogP contribution in [-0.4, -0.2) is 59.7 Å². The van der Waals surface area contributed by atoms with E-state index < -0.39 is 37.4 Å². The van der Waals surface area contributed by atoms with E-state index in [1.165, 1.54) is 6.92 Å². The van der Waals surface area contributed by atoms with Crippen molar-refractivity contribution in [2.75, 3.05) is 25.4 Å². The first-order chi connectivity index (χ1) is 7.92. The first-order valence-electron chi connectivity index (χ1n) is 4.98. The predicted molar refractivity (Wildman–Crippen MR) is 61.1 cm³/mol. The SMILES string of the molecule is CC(=O)NC(CS)C(=O)N(CCO)CC(F)F. The number of thiol groups is 1. The summed E-state index contributed by atoms with van der Waals surface area (Å²) in [7, 11) is 0. The number of nitrogens with zero attached hydrogens (tertiary/aromatic N) is 1. The number of amides is 2. The molecule has 0 fully saturated rings. The van der Waals surface area contributed by atoms with Crippen molar-refractivity contribution in [2.45, 2.75) is 19.4 Å². The van der Waals surface area contributed by atoms with Crippen molar-refractivity contribution >= 4 is 24.4 Å². The minimum atomic E-state index is -2.69. The van der Waals surface area contributed by atoms with Crippen LogP contribution in [0.5, 0.6) is 0 Å². The molecule has 2 amide bonds. The van der Waals surface area contributed by atoms with Crippen LogP contribution in [0.3, 0.4) is 0 Å². The van der Waals surface area contributed by atoms with Gasteiger partial charge in [-0.1, -0.05) is 0 Å². The van der Waals surface area contributed by atoms with Crippen molar-refractivity contribution < 1.29 is 23.5 Å². The highest BCUT2D eigenvalue weighted by Gasteiger charge is 2.25. The molecule has 0 saturated heterocycles. The Morgan fingerprint density at radius 2 is 2.06 bits per heavy atom. The smallest absolute Gasteiger partial charge is 0.255 e. The van der Waals surface area contributed by atoms with Gasteiger partial charge in [0.25, 0.3) is 6.43 Å². The lowest BCUT2D eigenvalue weighted by Crippen LogP contribution is -2.51. The van der Waals surface area contributed by atoms with Crippen molar-refractivity contribution in [1.82, 2.24) is 10.2 Å². The van der Waals surface area contributed by atoms with E-state index in [0.717, 1.165) is 4.90 Å². The summed E-state index contributed by atoms with van der Waals surface area (Å²) in [5.41, 5.74) is 0. The van der Waals surface area contributed by atoms with Crippen molar-refractivity contribution in [3.63, 3.8) is 0 Å². The van der Waals surface area contributed by atoms with Gasteiger partial charge in [-0.05, 0) is 0 Å². The number of aliphatic hydroxyl groups is 1. The molecular weight excluding hydrogens is 254 g/mol. The molecule has 8 heteroatoms. The molecule has 0 aromatic heterocycles. The zero-order valence-corrected chi connectivity index (χ0v) is 10.3. The van der Waals surface area contributed by atoms with Crippen molar-refractivity contribution in [1.29, 1.82) is 0 Å². The van der Waals surface area contributed by atoms with Gasteiger partial charge >= 0.3 is 0 Å². The van der Waals surface area contributed by atoms with Crippen LogP contribution < -0.4 is 5.32 Å². The number of aliphatic hydroxyl groups excluding tert-OH is 1. The van der Waals surface area contributed by atoms with Crippen LogP contribution >= 0.6 is 12.6 Å². The number of hydrogen-bond donors (Lipinski definition) is 3. The third-order valence-corrected chi connectivity index (χ3v) is 2.26. The third-order valence-electron chi connectivity index (χ3n) is 1.90. The van der Waals surface area contributed by atoms with E-state index in [4.69, 9.17) is 5.11 Å². The maximum Gasteiger partial charge on any atom is 0.255 e. The molecular formula is C9H16F2N2O3S. The monoisotopic (exact) mass is 270 g/mol. The lowest BCUT2D eigenvalue weighted by atomic mass is 10.2. The topological polar surface area (TPSA) is 69.6 Å². The Morgan fingerprint density at radius 3 is 2.41 bits per heavy atom. The normalized spacial score (nSPS) is 12.4. The van der Waals surface area contributed by atoms with Crippen LogP contribution in [0, 0.1) is 0 Å². The second-order valence-corrected chi connectivity index (χ2v) is 3.70. The Balaban J connectivity index is 4.59. The fourth-order valence-electron chi connectivity index (χ4n) is 1.23. The number of halogens is 2. The maximum atomic E-state index is 12.2. The van der Waals surface area contributed by atoms with Gasteiger partial charge in [0, 0.05) is 19.2 Å². The number of alkyl halides is 2. The zero-order valence-electron chi connectivity index (χ0n) is 9.40. The van der Waals surface area contributed by atoms with E-state index in [9.17, 15) is 18.4 Å². The Kier molecular flexibility index (Phi) is 7.81. The molecule has 0 heterocycles. The number of nitrogens with one attached hydrogen (secondary N) is 1. The van der Waals surface area contributed by atoms with Crippen molar-refractivity contribution in [3.05, 3.63) is 0 Å². The van der Waals surface area contributed by atoms with Crippen molar-refractivity contribution in [3.8, 4) is 0 Å². The van der Waals surface area contributed by atoms with Gasteiger partial charge in [-0.3, -0.25) is 9.59 Å². The highest BCUT2D eigenvalue weighted by molar-refractivity contribution is 7.80. The Bertz CT molecular complexity index is 267. The number of carbonyl (C=O) groups excluding carboxylic acids is 2. The quantitative estimate of drug-likeness (QED) is 0.547. The molecule has 0 aliphatic heterocycles. The predicted octanol–water partition coefficient (Wildman–Crippen LogP) is -0.493. The van der Waals surface area contributed by atoms with E-state index in [1.807, 2.05) is 0 Å². The van der Waals surface area contributed by atoms with E-state index in [-0.39, 0.29) is 12.3 Å². The standard InChI is InChI=1S/C9H16F2N2O3S/c1-6(15)12-7(5-17)9(16)13(2-3-14)4-8(10)11/h7-8,14,17H,2-5H2,1H3,(H,12,15). The van der Waals surface area contributed by atoms with Crippen LogP contribution in [0.2, 0.25) is 0 Å². The average Bonchev–Trinajstić information content (AvgIpc) is 2.23. The van der Waals surface area contributed by atoms with Gasteiger partial charge < -0.3 is 15.3 Å². The molecule has 0 spiro atoms. The minimum Gasteiger partial charge on any atom is -0.395 e. The van der Waals surface area contributed by atoms with Gasteiger partial charge in [-0.15, -0.1) is 0 Å². The molecule has 1 atom stereocenters. The van der Waals surface area contributed by atoms with E-state index in [0.29, 0.717) is 0 Å². The van der Waals surface area contributed by atoms with Crippen LogP contribution in [0.1, 0.15) is 6.92 Å². The fraction of sp³-hybridized carbons (Fsp3) is 0.778. The highest BCUT2D eigenvalue weighted by atomic mass is 32.1. The lowest BCUT2D eigenvalue weighted by Gasteiger charge is -2.26. The van der Waals surface area contributed by atoms with Gasteiger partial charge in [0.1, 0.15) is 6.04 Å². The first-order valence-corrected chi connectivity index (χ1v) is 5.61. The summed E-state index contributed by atoms with van der Waals surface area (Å²) in [6.45, 7) is -0.179. The summed E-state index contributed by atoms with van der Waals surface area (Å²) >= 11 is 3.87. The summed E-state index contributed by atoms with van der Waals surface area (Å²) in [5.74, 6) is -1.12. The largest absolute Gasteiger partial charge is 0.395 e. The second kappa shape index (κ2) is 8.24. The Hall–Kier alpha value is -0.890. The Morgan fingerprint density at radius 1 is 1.47 bits per heavy atom. The molecule has 0 aliphatic carbocycles. The van der Waals surface area contributed by atoms with Gasteiger partial charge in [0.05, 0.1) is 13.2 Å². The molecule has 5 nitrogen and oxygen atoms in total. The molecule has 1 unspecified atom stereocenters. The zero-order chi connectivity index (χ0) is 13.4.